The summed E-state index contributed by atoms with van der Waals surface area (Å²) in [5.41, 5.74) is 1.92. The monoisotopic (exact) mass is 332 g/mol. The highest BCUT2D eigenvalue weighted by Gasteiger charge is 2.03. The van der Waals surface area contributed by atoms with Gasteiger partial charge in [0.1, 0.15) is 5.75 Å². The first kappa shape index (κ1) is 17.3. The number of benzene rings is 2. The third kappa shape index (κ3) is 5.93. The molecule has 0 heterocycles. The molecule has 2 aromatic carbocycles. The summed E-state index contributed by atoms with van der Waals surface area (Å²) >= 11 is 5.81. The van der Waals surface area contributed by atoms with Crippen molar-refractivity contribution < 1.29 is 9.53 Å². The third-order valence-corrected chi connectivity index (χ3v) is 3.67. The molecule has 0 saturated carbocycles. The largest absolute Gasteiger partial charge is 0.496 e. The Morgan fingerprint density at radius 3 is 2.57 bits per heavy atom. The standard InChI is InChI=1S/C18H21ClN2O2/c1-23-17-5-3-2-4-14(17)10-12-20-13-11-18(22)21-16-8-6-15(19)7-9-16/h2-9,20H,10-13H2,1H3,(H,21,22). The Morgan fingerprint density at radius 2 is 1.83 bits per heavy atom. The predicted molar refractivity (Wildman–Crippen MR) is 94.3 cm³/mol. The van der Waals surface area contributed by atoms with Gasteiger partial charge < -0.3 is 15.4 Å². The van der Waals surface area contributed by atoms with Crippen molar-refractivity contribution in [2.75, 3.05) is 25.5 Å². The Labute approximate surface area is 141 Å². The van der Waals surface area contributed by atoms with Crippen LogP contribution >= 0.6 is 11.6 Å². The quantitative estimate of drug-likeness (QED) is 0.727. The lowest BCUT2D eigenvalue weighted by Crippen LogP contribution is -2.23. The zero-order chi connectivity index (χ0) is 16.5. The van der Waals surface area contributed by atoms with E-state index in [0.717, 1.165) is 30.0 Å². The normalized spacial score (nSPS) is 10.3. The van der Waals surface area contributed by atoms with Crippen LogP contribution in [0.25, 0.3) is 0 Å². The molecule has 0 unspecified atom stereocenters. The third-order valence-electron chi connectivity index (χ3n) is 3.42. The summed E-state index contributed by atoms with van der Waals surface area (Å²) in [6, 6.07) is 15.0. The van der Waals surface area contributed by atoms with Gasteiger partial charge in [0.25, 0.3) is 0 Å². The number of rotatable bonds is 8. The van der Waals surface area contributed by atoms with Crippen molar-refractivity contribution in [1.29, 1.82) is 0 Å². The fourth-order valence-electron chi connectivity index (χ4n) is 2.22. The molecule has 0 atom stereocenters. The van der Waals surface area contributed by atoms with Crippen LogP contribution in [0.1, 0.15) is 12.0 Å². The van der Waals surface area contributed by atoms with Gasteiger partial charge in [0.15, 0.2) is 0 Å². The summed E-state index contributed by atoms with van der Waals surface area (Å²) in [5, 5.41) is 6.77. The second kappa shape index (κ2) is 9.18. The van der Waals surface area contributed by atoms with Crippen molar-refractivity contribution >= 4 is 23.2 Å². The maximum Gasteiger partial charge on any atom is 0.225 e. The summed E-state index contributed by atoms with van der Waals surface area (Å²) < 4.78 is 5.31. The minimum atomic E-state index is -0.0166. The number of hydrogen-bond donors (Lipinski definition) is 2. The van der Waals surface area contributed by atoms with E-state index in [-0.39, 0.29) is 5.91 Å². The van der Waals surface area contributed by atoms with Gasteiger partial charge in [-0.25, -0.2) is 0 Å². The second-order valence-corrected chi connectivity index (χ2v) is 5.55. The molecule has 0 aliphatic carbocycles. The number of hydrogen-bond acceptors (Lipinski definition) is 3. The molecule has 0 aromatic heterocycles. The van der Waals surface area contributed by atoms with Crippen LogP contribution in [0.15, 0.2) is 48.5 Å². The van der Waals surface area contributed by atoms with Crippen molar-refractivity contribution in [2.24, 2.45) is 0 Å². The zero-order valence-electron chi connectivity index (χ0n) is 13.1. The SMILES string of the molecule is COc1ccccc1CCNCCC(=O)Nc1ccc(Cl)cc1. The fourth-order valence-corrected chi connectivity index (χ4v) is 2.34. The van der Waals surface area contributed by atoms with Crippen LogP contribution in [0.3, 0.4) is 0 Å². The van der Waals surface area contributed by atoms with E-state index in [1.807, 2.05) is 24.3 Å². The topological polar surface area (TPSA) is 50.4 Å². The van der Waals surface area contributed by atoms with Gasteiger partial charge in [-0.2, -0.15) is 0 Å². The fraction of sp³-hybridized carbons (Fsp3) is 0.278. The molecule has 0 aliphatic heterocycles. The minimum absolute atomic E-state index is 0.0166. The minimum Gasteiger partial charge on any atom is -0.496 e. The lowest BCUT2D eigenvalue weighted by atomic mass is 10.1. The predicted octanol–water partition coefficient (Wildman–Crippen LogP) is 3.51. The zero-order valence-corrected chi connectivity index (χ0v) is 13.9. The van der Waals surface area contributed by atoms with Crippen LogP contribution < -0.4 is 15.4 Å². The average molecular weight is 333 g/mol. The molecular weight excluding hydrogens is 312 g/mol. The van der Waals surface area contributed by atoms with E-state index in [1.54, 1.807) is 31.4 Å². The van der Waals surface area contributed by atoms with Crippen molar-refractivity contribution in [3.8, 4) is 5.75 Å². The number of amides is 1. The Balaban J connectivity index is 1.65. The molecule has 0 spiro atoms. The molecular formula is C18H21ClN2O2. The maximum atomic E-state index is 11.8. The van der Waals surface area contributed by atoms with E-state index in [4.69, 9.17) is 16.3 Å². The van der Waals surface area contributed by atoms with Gasteiger partial charge in [-0.1, -0.05) is 29.8 Å². The van der Waals surface area contributed by atoms with Crippen molar-refractivity contribution in [1.82, 2.24) is 5.32 Å². The number of methoxy groups -OCH3 is 1. The molecule has 4 nitrogen and oxygen atoms in total. The summed E-state index contributed by atoms with van der Waals surface area (Å²) in [5.74, 6) is 0.881. The van der Waals surface area contributed by atoms with E-state index in [0.29, 0.717) is 18.0 Å². The number of nitrogens with one attached hydrogen (secondary N) is 2. The van der Waals surface area contributed by atoms with Crippen LogP contribution in [0.5, 0.6) is 5.75 Å². The summed E-state index contributed by atoms with van der Waals surface area (Å²) in [6.07, 6.45) is 1.29. The summed E-state index contributed by atoms with van der Waals surface area (Å²) in [6.45, 7) is 1.43. The molecule has 0 saturated heterocycles. The Bertz CT molecular complexity index is 629. The highest BCUT2D eigenvalue weighted by molar-refractivity contribution is 6.30. The van der Waals surface area contributed by atoms with Crippen LogP contribution in [0, 0.1) is 0 Å². The Morgan fingerprint density at radius 1 is 1.09 bits per heavy atom. The van der Waals surface area contributed by atoms with E-state index in [2.05, 4.69) is 10.6 Å². The van der Waals surface area contributed by atoms with Gasteiger partial charge in [0.05, 0.1) is 7.11 Å². The molecule has 1 amide bonds. The Hall–Kier alpha value is -2.04. The molecule has 0 fully saturated rings. The van der Waals surface area contributed by atoms with Crippen molar-refractivity contribution in [3.63, 3.8) is 0 Å². The average Bonchev–Trinajstić information content (AvgIpc) is 2.57. The first-order valence-corrected chi connectivity index (χ1v) is 7.95. The molecule has 0 radical (unpaired) electrons. The van der Waals surface area contributed by atoms with E-state index in [9.17, 15) is 4.79 Å². The molecule has 0 bridgehead atoms. The Kier molecular flexibility index (Phi) is 6.91. The van der Waals surface area contributed by atoms with Crippen molar-refractivity contribution in [2.45, 2.75) is 12.8 Å². The van der Waals surface area contributed by atoms with Crippen LogP contribution in [0.4, 0.5) is 5.69 Å². The lowest BCUT2D eigenvalue weighted by Gasteiger charge is -2.09. The summed E-state index contributed by atoms with van der Waals surface area (Å²) in [4.78, 5) is 11.8. The number of carbonyl (C=O) groups excluding carboxylic acids is 1. The molecule has 2 rings (SSSR count). The highest BCUT2D eigenvalue weighted by atomic mass is 35.5. The van der Waals surface area contributed by atoms with Gasteiger partial charge in [0, 0.05) is 23.7 Å². The van der Waals surface area contributed by atoms with E-state index < -0.39 is 0 Å². The van der Waals surface area contributed by atoms with Crippen LogP contribution in [0.2, 0.25) is 5.02 Å². The summed E-state index contributed by atoms with van der Waals surface area (Å²) in [7, 11) is 1.67. The molecule has 23 heavy (non-hydrogen) atoms. The van der Waals surface area contributed by atoms with Crippen LogP contribution in [-0.2, 0) is 11.2 Å². The van der Waals surface area contributed by atoms with E-state index in [1.165, 1.54) is 0 Å². The smallest absolute Gasteiger partial charge is 0.225 e. The number of para-hydroxylation sites is 1. The van der Waals surface area contributed by atoms with Gasteiger partial charge in [-0.3, -0.25) is 4.79 Å². The number of halogens is 1. The van der Waals surface area contributed by atoms with Gasteiger partial charge >= 0.3 is 0 Å². The highest BCUT2D eigenvalue weighted by Crippen LogP contribution is 2.17. The second-order valence-electron chi connectivity index (χ2n) is 5.12. The van der Waals surface area contributed by atoms with Crippen LogP contribution in [-0.4, -0.2) is 26.1 Å². The number of ether oxygens (including phenoxy) is 1. The first-order valence-electron chi connectivity index (χ1n) is 7.57. The molecule has 2 aromatic rings. The lowest BCUT2D eigenvalue weighted by molar-refractivity contribution is -0.116. The van der Waals surface area contributed by atoms with Gasteiger partial charge in [-0.05, 0) is 48.9 Å². The van der Waals surface area contributed by atoms with Crippen molar-refractivity contribution in [3.05, 3.63) is 59.1 Å². The molecule has 5 heteroatoms. The van der Waals surface area contributed by atoms with E-state index >= 15 is 0 Å². The first-order chi connectivity index (χ1) is 11.2. The van der Waals surface area contributed by atoms with Gasteiger partial charge in [0.2, 0.25) is 5.91 Å². The molecule has 122 valence electrons. The number of carbonyl (C=O) groups is 1. The van der Waals surface area contributed by atoms with Gasteiger partial charge in [-0.15, -0.1) is 0 Å². The molecule has 2 N–H and O–H groups in total. The maximum absolute atomic E-state index is 11.8. The molecule has 0 aliphatic rings. The number of anilines is 1.